The molecular weight excluding hydrogens is 174 g/mol. The van der Waals surface area contributed by atoms with Crippen LogP contribution >= 0.6 is 0 Å². The van der Waals surface area contributed by atoms with Crippen LogP contribution in [0.25, 0.3) is 11.0 Å². The van der Waals surface area contributed by atoms with Crippen molar-refractivity contribution in [3.63, 3.8) is 0 Å². The van der Waals surface area contributed by atoms with Crippen molar-refractivity contribution >= 4 is 16.7 Å². The van der Waals surface area contributed by atoms with Gasteiger partial charge in [0.15, 0.2) is 5.58 Å². The molecule has 1 heterocycles. The summed E-state index contributed by atoms with van der Waals surface area (Å²) in [5.74, 6) is 0. The van der Waals surface area contributed by atoms with Crippen LogP contribution in [-0.4, -0.2) is 0 Å². The van der Waals surface area contributed by atoms with E-state index >= 15 is 0 Å². The number of aryl methyl sites for hydroxylation is 2. The first-order chi connectivity index (χ1) is 6.77. The van der Waals surface area contributed by atoms with Gasteiger partial charge in [-0.05, 0) is 30.0 Å². The molecule has 0 aliphatic heterocycles. The first kappa shape index (κ1) is 9.13. The lowest BCUT2D eigenvalue weighted by molar-refractivity contribution is 0.616. The molecule has 2 heteroatoms. The smallest absolute Gasteiger partial charge is 0.157 e. The molecule has 14 heavy (non-hydrogen) atoms. The third-order valence-corrected chi connectivity index (χ3v) is 2.71. The summed E-state index contributed by atoms with van der Waals surface area (Å²) in [6, 6.07) is 4.18. The van der Waals surface area contributed by atoms with Gasteiger partial charge in [-0.3, -0.25) is 0 Å². The van der Waals surface area contributed by atoms with Crippen LogP contribution in [-0.2, 0) is 12.8 Å². The molecule has 0 unspecified atom stereocenters. The number of nitrogens with two attached hydrogens (primary N) is 1. The van der Waals surface area contributed by atoms with Crippen LogP contribution in [0.3, 0.4) is 0 Å². The molecular formula is C12H15NO. The van der Waals surface area contributed by atoms with Crippen molar-refractivity contribution in [3.8, 4) is 0 Å². The van der Waals surface area contributed by atoms with E-state index in [4.69, 9.17) is 10.2 Å². The van der Waals surface area contributed by atoms with E-state index < -0.39 is 0 Å². The van der Waals surface area contributed by atoms with E-state index in [0.29, 0.717) is 0 Å². The summed E-state index contributed by atoms with van der Waals surface area (Å²) in [4.78, 5) is 0. The molecule has 0 saturated heterocycles. The SMILES string of the molecule is CCc1cc(CC)c2ccoc2c1N. The zero-order chi connectivity index (χ0) is 10.1. The topological polar surface area (TPSA) is 39.2 Å². The zero-order valence-electron chi connectivity index (χ0n) is 8.63. The maximum atomic E-state index is 6.00. The summed E-state index contributed by atoms with van der Waals surface area (Å²) >= 11 is 0. The van der Waals surface area contributed by atoms with Crippen LogP contribution < -0.4 is 5.73 Å². The summed E-state index contributed by atoms with van der Waals surface area (Å²) in [6.07, 6.45) is 3.68. The molecule has 0 aliphatic rings. The van der Waals surface area contributed by atoms with Crippen LogP contribution in [0.15, 0.2) is 22.8 Å². The van der Waals surface area contributed by atoms with Gasteiger partial charge in [-0.1, -0.05) is 19.9 Å². The normalized spacial score (nSPS) is 11.0. The Balaban J connectivity index is 2.80. The van der Waals surface area contributed by atoms with Crippen LogP contribution in [0.1, 0.15) is 25.0 Å². The number of furan rings is 1. The van der Waals surface area contributed by atoms with E-state index in [2.05, 4.69) is 19.9 Å². The summed E-state index contributed by atoms with van der Waals surface area (Å²) in [5, 5.41) is 1.15. The Morgan fingerprint density at radius 3 is 2.57 bits per heavy atom. The van der Waals surface area contributed by atoms with Gasteiger partial charge in [0.2, 0.25) is 0 Å². The van der Waals surface area contributed by atoms with Gasteiger partial charge in [0.25, 0.3) is 0 Å². The molecule has 2 rings (SSSR count). The van der Waals surface area contributed by atoms with E-state index in [0.717, 1.165) is 29.5 Å². The highest BCUT2D eigenvalue weighted by atomic mass is 16.3. The van der Waals surface area contributed by atoms with Gasteiger partial charge < -0.3 is 10.2 Å². The van der Waals surface area contributed by atoms with Crippen molar-refractivity contribution in [1.29, 1.82) is 0 Å². The minimum atomic E-state index is 0.796. The number of fused-ring (bicyclic) bond motifs is 1. The third kappa shape index (κ3) is 1.18. The molecule has 74 valence electrons. The fourth-order valence-electron chi connectivity index (χ4n) is 1.87. The molecule has 0 atom stereocenters. The van der Waals surface area contributed by atoms with E-state index in [1.54, 1.807) is 6.26 Å². The Morgan fingerprint density at radius 1 is 1.21 bits per heavy atom. The van der Waals surface area contributed by atoms with Crippen LogP contribution in [0.2, 0.25) is 0 Å². The highest BCUT2D eigenvalue weighted by Crippen LogP contribution is 2.29. The second-order valence-electron chi connectivity index (χ2n) is 3.48. The summed E-state index contributed by atoms with van der Waals surface area (Å²) in [5.41, 5.74) is 10.2. The molecule has 0 fully saturated rings. The predicted octanol–water partition coefficient (Wildman–Crippen LogP) is 3.14. The summed E-state index contributed by atoms with van der Waals surface area (Å²) < 4.78 is 5.41. The Bertz CT molecular complexity index is 457. The van der Waals surface area contributed by atoms with Crippen LogP contribution in [0.4, 0.5) is 5.69 Å². The third-order valence-electron chi connectivity index (χ3n) is 2.71. The van der Waals surface area contributed by atoms with Crippen molar-refractivity contribution in [2.45, 2.75) is 26.7 Å². The van der Waals surface area contributed by atoms with Crippen molar-refractivity contribution in [2.75, 3.05) is 5.73 Å². The predicted molar refractivity (Wildman–Crippen MR) is 59.4 cm³/mol. The van der Waals surface area contributed by atoms with Gasteiger partial charge >= 0.3 is 0 Å². The maximum absolute atomic E-state index is 6.00. The summed E-state index contributed by atoms with van der Waals surface area (Å²) in [7, 11) is 0. The molecule has 2 nitrogen and oxygen atoms in total. The molecule has 0 saturated carbocycles. The zero-order valence-corrected chi connectivity index (χ0v) is 8.63. The van der Waals surface area contributed by atoms with Gasteiger partial charge in [0, 0.05) is 5.39 Å². The molecule has 0 radical (unpaired) electrons. The highest BCUT2D eigenvalue weighted by Gasteiger charge is 2.09. The number of rotatable bonds is 2. The van der Waals surface area contributed by atoms with Crippen LogP contribution in [0.5, 0.6) is 0 Å². The lowest BCUT2D eigenvalue weighted by Crippen LogP contribution is -1.96. The largest absolute Gasteiger partial charge is 0.462 e. The average molecular weight is 189 g/mol. The molecule has 0 spiro atoms. The Morgan fingerprint density at radius 2 is 1.93 bits per heavy atom. The quantitative estimate of drug-likeness (QED) is 0.737. The van der Waals surface area contributed by atoms with Crippen molar-refractivity contribution in [3.05, 3.63) is 29.5 Å². The minimum absolute atomic E-state index is 0.796. The van der Waals surface area contributed by atoms with Crippen LogP contribution in [0, 0.1) is 0 Å². The van der Waals surface area contributed by atoms with Gasteiger partial charge in [-0.25, -0.2) is 0 Å². The fraction of sp³-hybridized carbons (Fsp3) is 0.333. The molecule has 2 aromatic rings. The second kappa shape index (κ2) is 3.37. The molecule has 2 N–H and O–H groups in total. The number of anilines is 1. The lowest BCUT2D eigenvalue weighted by Gasteiger charge is -2.07. The number of hydrogen-bond donors (Lipinski definition) is 1. The Labute approximate surface area is 83.7 Å². The minimum Gasteiger partial charge on any atom is -0.462 e. The number of nitrogen functional groups attached to an aromatic ring is 1. The van der Waals surface area contributed by atoms with Crippen molar-refractivity contribution < 1.29 is 4.42 Å². The number of hydrogen-bond acceptors (Lipinski definition) is 2. The average Bonchev–Trinajstić information content (AvgIpc) is 2.68. The number of benzene rings is 1. The van der Waals surface area contributed by atoms with Crippen molar-refractivity contribution in [2.24, 2.45) is 0 Å². The fourth-order valence-corrected chi connectivity index (χ4v) is 1.87. The highest BCUT2D eigenvalue weighted by molar-refractivity contribution is 5.92. The van der Waals surface area contributed by atoms with E-state index in [1.165, 1.54) is 11.1 Å². The molecule has 1 aromatic heterocycles. The van der Waals surface area contributed by atoms with Gasteiger partial charge in [-0.2, -0.15) is 0 Å². The van der Waals surface area contributed by atoms with E-state index in [-0.39, 0.29) is 0 Å². The first-order valence-electron chi connectivity index (χ1n) is 5.05. The van der Waals surface area contributed by atoms with E-state index in [1.807, 2.05) is 6.07 Å². The lowest BCUT2D eigenvalue weighted by atomic mass is 10.0. The maximum Gasteiger partial charge on any atom is 0.157 e. The Kier molecular flexibility index (Phi) is 2.20. The second-order valence-corrected chi connectivity index (χ2v) is 3.48. The Hall–Kier alpha value is -1.44. The van der Waals surface area contributed by atoms with Gasteiger partial charge in [0.05, 0.1) is 12.0 Å². The molecule has 1 aromatic carbocycles. The van der Waals surface area contributed by atoms with E-state index in [9.17, 15) is 0 Å². The van der Waals surface area contributed by atoms with Crippen molar-refractivity contribution in [1.82, 2.24) is 0 Å². The van der Waals surface area contributed by atoms with Gasteiger partial charge in [0.1, 0.15) is 0 Å². The molecule has 0 aliphatic carbocycles. The molecule has 0 bridgehead atoms. The standard InChI is InChI=1S/C12H15NO/c1-3-8-7-9(4-2)11(13)12-10(8)5-6-14-12/h5-7H,3-4,13H2,1-2H3. The first-order valence-corrected chi connectivity index (χ1v) is 5.05. The monoisotopic (exact) mass is 189 g/mol. The van der Waals surface area contributed by atoms with Gasteiger partial charge in [-0.15, -0.1) is 0 Å². The summed E-state index contributed by atoms with van der Waals surface area (Å²) in [6.45, 7) is 4.26. The molecule has 0 amide bonds.